The molecular weight excluding hydrogens is 414 g/mol. The van der Waals surface area contributed by atoms with Crippen LogP contribution in [0.5, 0.6) is 11.5 Å². The number of piperidine rings is 1. The van der Waals surface area contributed by atoms with Crippen LogP contribution in [0.3, 0.4) is 0 Å². The van der Waals surface area contributed by atoms with E-state index in [0.717, 1.165) is 12.8 Å². The summed E-state index contributed by atoms with van der Waals surface area (Å²) in [5, 5.41) is 5.85. The third-order valence-corrected chi connectivity index (χ3v) is 8.11. The van der Waals surface area contributed by atoms with Crippen molar-refractivity contribution in [1.82, 2.24) is 14.4 Å². The fraction of sp³-hybridized carbons (Fsp3) is 0.368. The first-order valence-electron chi connectivity index (χ1n) is 9.12. The van der Waals surface area contributed by atoms with Crippen molar-refractivity contribution in [3.63, 3.8) is 0 Å². The van der Waals surface area contributed by atoms with Gasteiger partial charge in [0, 0.05) is 24.7 Å². The number of rotatable bonds is 6. The molecule has 8 nitrogen and oxygen atoms in total. The molecule has 10 heteroatoms. The average Bonchev–Trinajstić information content (AvgIpc) is 3.46. The van der Waals surface area contributed by atoms with Crippen molar-refractivity contribution in [1.29, 1.82) is 0 Å². The van der Waals surface area contributed by atoms with Gasteiger partial charge in [-0.25, -0.2) is 8.42 Å². The van der Waals surface area contributed by atoms with Gasteiger partial charge in [-0.1, -0.05) is 11.2 Å². The topological polar surface area (TPSA) is 94.8 Å². The van der Waals surface area contributed by atoms with Crippen LogP contribution in [0.1, 0.15) is 24.7 Å². The van der Waals surface area contributed by atoms with Crippen molar-refractivity contribution in [3.8, 4) is 22.9 Å². The highest BCUT2D eigenvalue weighted by molar-refractivity contribution is 7.91. The Morgan fingerprint density at radius 1 is 1.21 bits per heavy atom. The van der Waals surface area contributed by atoms with E-state index in [0.29, 0.717) is 46.1 Å². The SMILES string of the molecule is COc1cc(OC)cc(-c2noc([C@@H]3CCCN(S(=O)(=O)c4cccs4)C3)n2)c1. The summed E-state index contributed by atoms with van der Waals surface area (Å²) in [7, 11) is -0.346. The average molecular weight is 436 g/mol. The number of sulfonamides is 1. The molecule has 0 N–H and O–H groups in total. The number of hydrogen-bond acceptors (Lipinski definition) is 8. The summed E-state index contributed by atoms with van der Waals surface area (Å²) in [6.45, 7) is 0.814. The van der Waals surface area contributed by atoms with Crippen LogP contribution in [0, 0.1) is 0 Å². The largest absolute Gasteiger partial charge is 0.497 e. The maximum Gasteiger partial charge on any atom is 0.252 e. The Labute approximate surface area is 173 Å². The molecule has 0 radical (unpaired) electrons. The summed E-state index contributed by atoms with van der Waals surface area (Å²) < 4.78 is 43.6. The van der Waals surface area contributed by atoms with Gasteiger partial charge in [0.1, 0.15) is 15.7 Å². The van der Waals surface area contributed by atoms with Gasteiger partial charge < -0.3 is 14.0 Å². The van der Waals surface area contributed by atoms with Crippen LogP contribution in [0.2, 0.25) is 0 Å². The molecule has 0 spiro atoms. The van der Waals surface area contributed by atoms with Crippen molar-refractivity contribution in [2.24, 2.45) is 0 Å². The Hall–Kier alpha value is -2.43. The zero-order valence-electron chi connectivity index (χ0n) is 16.1. The highest BCUT2D eigenvalue weighted by Gasteiger charge is 2.34. The number of aromatic nitrogens is 2. The Morgan fingerprint density at radius 2 is 1.97 bits per heavy atom. The number of methoxy groups -OCH3 is 2. The van der Waals surface area contributed by atoms with Crippen molar-refractivity contribution < 1.29 is 22.4 Å². The normalized spacial score (nSPS) is 17.9. The molecule has 154 valence electrons. The Morgan fingerprint density at radius 3 is 2.62 bits per heavy atom. The minimum atomic E-state index is -3.49. The maximum atomic E-state index is 12.8. The number of nitrogens with zero attached hydrogens (tertiary/aromatic N) is 3. The molecule has 1 atom stereocenters. The predicted octanol–water partition coefficient (Wildman–Crippen LogP) is 3.38. The van der Waals surface area contributed by atoms with E-state index >= 15 is 0 Å². The van der Waals surface area contributed by atoms with Crippen LogP contribution in [-0.4, -0.2) is 50.2 Å². The van der Waals surface area contributed by atoms with Crippen LogP contribution in [0.25, 0.3) is 11.4 Å². The van der Waals surface area contributed by atoms with Gasteiger partial charge in [-0.2, -0.15) is 9.29 Å². The molecule has 0 aliphatic carbocycles. The van der Waals surface area contributed by atoms with Gasteiger partial charge in [0.25, 0.3) is 10.0 Å². The third-order valence-electron chi connectivity index (χ3n) is 4.87. The van der Waals surface area contributed by atoms with Gasteiger partial charge >= 0.3 is 0 Å². The van der Waals surface area contributed by atoms with Gasteiger partial charge in [-0.3, -0.25) is 0 Å². The van der Waals surface area contributed by atoms with E-state index in [1.54, 1.807) is 49.9 Å². The van der Waals surface area contributed by atoms with E-state index in [9.17, 15) is 8.42 Å². The molecule has 1 saturated heterocycles. The summed E-state index contributed by atoms with van der Waals surface area (Å²) in [5.41, 5.74) is 0.704. The molecule has 0 amide bonds. The second-order valence-electron chi connectivity index (χ2n) is 6.69. The Kier molecular flexibility index (Phi) is 5.57. The summed E-state index contributed by atoms with van der Waals surface area (Å²) in [4.78, 5) is 4.53. The van der Waals surface area contributed by atoms with Crippen LogP contribution in [0.15, 0.2) is 44.4 Å². The lowest BCUT2D eigenvalue weighted by Gasteiger charge is -2.29. The number of hydrogen-bond donors (Lipinski definition) is 0. The standard InChI is InChI=1S/C19H21N3O5S2/c1-25-15-9-14(10-16(11-15)26-2)18-20-19(27-21-18)13-5-3-7-22(12-13)29(23,24)17-6-4-8-28-17/h4,6,8-11,13H,3,5,7,12H2,1-2H3/t13-/m1/s1. The minimum absolute atomic E-state index is 0.146. The summed E-state index contributed by atoms with van der Waals surface area (Å²) >= 11 is 1.22. The predicted molar refractivity (Wildman–Crippen MR) is 108 cm³/mol. The van der Waals surface area contributed by atoms with Crippen LogP contribution >= 0.6 is 11.3 Å². The lowest BCUT2D eigenvalue weighted by Crippen LogP contribution is -2.38. The second-order valence-corrected chi connectivity index (χ2v) is 9.80. The molecule has 3 heterocycles. The smallest absolute Gasteiger partial charge is 0.252 e. The van der Waals surface area contributed by atoms with Crippen LogP contribution in [0.4, 0.5) is 0 Å². The van der Waals surface area contributed by atoms with Gasteiger partial charge in [0.2, 0.25) is 11.7 Å². The van der Waals surface area contributed by atoms with Crippen molar-refractivity contribution in [2.45, 2.75) is 23.0 Å². The van der Waals surface area contributed by atoms with E-state index in [2.05, 4.69) is 10.1 Å². The molecule has 0 bridgehead atoms. The Bertz CT molecular complexity index is 1060. The first-order valence-corrected chi connectivity index (χ1v) is 11.4. The molecule has 0 saturated carbocycles. The summed E-state index contributed by atoms with van der Waals surface area (Å²) in [6, 6.07) is 8.73. The zero-order chi connectivity index (χ0) is 20.4. The van der Waals surface area contributed by atoms with E-state index in [4.69, 9.17) is 14.0 Å². The van der Waals surface area contributed by atoms with Gasteiger partial charge in [0.15, 0.2) is 0 Å². The van der Waals surface area contributed by atoms with Crippen LogP contribution in [-0.2, 0) is 10.0 Å². The number of thiophene rings is 1. The highest BCUT2D eigenvalue weighted by atomic mass is 32.2. The highest BCUT2D eigenvalue weighted by Crippen LogP contribution is 2.33. The summed E-state index contributed by atoms with van der Waals surface area (Å²) in [6.07, 6.45) is 1.53. The minimum Gasteiger partial charge on any atom is -0.497 e. The van der Waals surface area contributed by atoms with Gasteiger partial charge in [-0.05, 0) is 36.4 Å². The molecular formula is C19H21N3O5S2. The Balaban J connectivity index is 1.57. The molecule has 2 aromatic heterocycles. The number of benzene rings is 1. The van der Waals surface area contributed by atoms with E-state index in [-0.39, 0.29) is 5.92 Å². The first-order chi connectivity index (χ1) is 14.0. The lowest BCUT2D eigenvalue weighted by atomic mass is 10.00. The molecule has 4 rings (SSSR count). The number of ether oxygens (including phenoxy) is 2. The molecule has 1 aromatic carbocycles. The van der Waals surface area contributed by atoms with Crippen LogP contribution < -0.4 is 9.47 Å². The monoisotopic (exact) mass is 435 g/mol. The van der Waals surface area contributed by atoms with Gasteiger partial charge in [0.05, 0.1) is 20.1 Å². The van der Waals surface area contributed by atoms with E-state index < -0.39 is 10.0 Å². The fourth-order valence-corrected chi connectivity index (χ4v) is 6.02. The fourth-order valence-electron chi connectivity index (χ4n) is 3.35. The molecule has 1 aliphatic heterocycles. The zero-order valence-corrected chi connectivity index (χ0v) is 17.7. The van der Waals surface area contributed by atoms with Crippen molar-refractivity contribution in [3.05, 3.63) is 41.6 Å². The lowest BCUT2D eigenvalue weighted by molar-refractivity contribution is 0.266. The molecule has 3 aromatic rings. The first kappa shape index (κ1) is 19.9. The summed E-state index contributed by atoms with van der Waals surface area (Å²) in [5.74, 6) is 1.95. The molecule has 29 heavy (non-hydrogen) atoms. The van der Waals surface area contributed by atoms with Gasteiger partial charge in [-0.15, -0.1) is 11.3 Å². The van der Waals surface area contributed by atoms with E-state index in [1.165, 1.54) is 15.6 Å². The molecule has 1 fully saturated rings. The quantitative estimate of drug-likeness (QED) is 0.586. The molecule has 0 unspecified atom stereocenters. The van der Waals surface area contributed by atoms with Crippen molar-refractivity contribution >= 4 is 21.4 Å². The molecule has 1 aliphatic rings. The maximum absolute atomic E-state index is 12.8. The van der Waals surface area contributed by atoms with E-state index in [1.807, 2.05) is 0 Å². The van der Waals surface area contributed by atoms with Crippen molar-refractivity contribution in [2.75, 3.05) is 27.3 Å². The third kappa shape index (κ3) is 4.00. The second kappa shape index (κ2) is 8.13.